The van der Waals surface area contributed by atoms with Crippen molar-refractivity contribution in [3.8, 4) is 11.5 Å². The predicted molar refractivity (Wildman–Crippen MR) is 105 cm³/mol. The van der Waals surface area contributed by atoms with Crippen LogP contribution in [0, 0.1) is 0 Å². The van der Waals surface area contributed by atoms with Crippen molar-refractivity contribution in [1.29, 1.82) is 0 Å². The molecule has 2 atom stereocenters. The van der Waals surface area contributed by atoms with Gasteiger partial charge in [-0.05, 0) is 23.8 Å². The molecule has 2 aliphatic heterocycles. The number of amides is 3. The molecule has 7 nitrogen and oxygen atoms in total. The summed E-state index contributed by atoms with van der Waals surface area (Å²) >= 11 is 0. The number of fused-ring (bicyclic) bond motifs is 2. The standard InChI is InChI=1S/C21H23N3O4/c1-24-17-7-3-2-6-14(17)12-16(20(24)25)23-21(26)22-11-10-15-13-27-18-8-4-5-9-19(18)28-15/h2-9,15-16H,10-13H2,1H3,(H2,22,23,26). The molecular formula is C21H23N3O4. The second-order valence-corrected chi connectivity index (χ2v) is 6.97. The molecule has 4 rings (SSSR count). The number of nitrogens with one attached hydrogen (secondary N) is 2. The van der Waals surface area contributed by atoms with Crippen LogP contribution in [0.2, 0.25) is 0 Å². The number of nitrogens with zero attached hydrogens (tertiary/aromatic N) is 1. The quantitative estimate of drug-likeness (QED) is 0.850. The molecule has 0 saturated carbocycles. The SMILES string of the molecule is CN1C(=O)C(NC(=O)NCCC2COc3ccccc3O2)Cc2ccccc21. The average Bonchev–Trinajstić information content (AvgIpc) is 2.72. The highest BCUT2D eigenvalue weighted by molar-refractivity contribution is 6.01. The number of ether oxygens (including phenoxy) is 2. The van der Waals surface area contributed by atoms with Crippen LogP contribution in [0.15, 0.2) is 48.5 Å². The highest BCUT2D eigenvalue weighted by Crippen LogP contribution is 2.31. The van der Waals surface area contributed by atoms with Gasteiger partial charge in [0, 0.05) is 32.1 Å². The van der Waals surface area contributed by atoms with E-state index in [0.717, 1.165) is 22.7 Å². The fourth-order valence-electron chi connectivity index (χ4n) is 3.54. The molecule has 2 heterocycles. The summed E-state index contributed by atoms with van der Waals surface area (Å²) in [5.74, 6) is 1.34. The second kappa shape index (κ2) is 7.80. The molecule has 2 aromatic carbocycles. The molecule has 0 aliphatic carbocycles. The molecule has 0 fully saturated rings. The number of hydrogen-bond acceptors (Lipinski definition) is 4. The van der Waals surface area contributed by atoms with Crippen LogP contribution in [-0.2, 0) is 11.2 Å². The van der Waals surface area contributed by atoms with Crippen LogP contribution in [0.5, 0.6) is 11.5 Å². The third kappa shape index (κ3) is 3.74. The zero-order valence-corrected chi connectivity index (χ0v) is 15.7. The molecule has 2 unspecified atom stereocenters. The van der Waals surface area contributed by atoms with E-state index in [4.69, 9.17) is 9.47 Å². The predicted octanol–water partition coefficient (Wildman–Crippen LogP) is 2.10. The number of urea groups is 1. The first-order chi connectivity index (χ1) is 13.6. The number of benzene rings is 2. The number of carbonyl (C=O) groups is 2. The van der Waals surface area contributed by atoms with Crippen LogP contribution in [0.1, 0.15) is 12.0 Å². The molecule has 28 heavy (non-hydrogen) atoms. The van der Waals surface area contributed by atoms with Gasteiger partial charge in [-0.25, -0.2) is 4.79 Å². The lowest BCUT2D eigenvalue weighted by Gasteiger charge is -2.32. The Bertz CT molecular complexity index is 885. The van der Waals surface area contributed by atoms with Gasteiger partial charge in [0.25, 0.3) is 0 Å². The monoisotopic (exact) mass is 381 g/mol. The van der Waals surface area contributed by atoms with E-state index in [0.29, 0.717) is 26.0 Å². The Morgan fingerprint density at radius 2 is 1.89 bits per heavy atom. The summed E-state index contributed by atoms with van der Waals surface area (Å²) < 4.78 is 11.5. The Balaban J connectivity index is 1.26. The van der Waals surface area contributed by atoms with Gasteiger partial charge in [0.05, 0.1) is 0 Å². The van der Waals surface area contributed by atoms with Gasteiger partial charge >= 0.3 is 6.03 Å². The van der Waals surface area contributed by atoms with E-state index in [2.05, 4.69) is 10.6 Å². The zero-order valence-electron chi connectivity index (χ0n) is 15.7. The van der Waals surface area contributed by atoms with Crippen molar-refractivity contribution in [2.24, 2.45) is 0 Å². The first-order valence-electron chi connectivity index (χ1n) is 9.40. The van der Waals surface area contributed by atoms with Gasteiger partial charge in [0.15, 0.2) is 11.5 Å². The van der Waals surface area contributed by atoms with Crippen molar-refractivity contribution in [1.82, 2.24) is 10.6 Å². The number of carbonyl (C=O) groups excluding carboxylic acids is 2. The van der Waals surface area contributed by atoms with Crippen LogP contribution >= 0.6 is 0 Å². The summed E-state index contributed by atoms with van der Waals surface area (Å²) in [6.45, 7) is 0.873. The number of likely N-dealkylation sites (N-methyl/N-ethyl adjacent to an activating group) is 1. The molecule has 0 radical (unpaired) electrons. The molecule has 3 amide bonds. The molecule has 0 aromatic heterocycles. The Morgan fingerprint density at radius 3 is 2.75 bits per heavy atom. The highest BCUT2D eigenvalue weighted by Gasteiger charge is 2.31. The van der Waals surface area contributed by atoms with Crippen molar-refractivity contribution < 1.29 is 19.1 Å². The van der Waals surface area contributed by atoms with E-state index in [-0.39, 0.29) is 18.0 Å². The first-order valence-corrected chi connectivity index (χ1v) is 9.40. The van der Waals surface area contributed by atoms with Gasteiger partial charge in [-0.3, -0.25) is 4.79 Å². The van der Waals surface area contributed by atoms with Crippen molar-refractivity contribution in [2.45, 2.75) is 25.0 Å². The molecular weight excluding hydrogens is 358 g/mol. The van der Waals surface area contributed by atoms with E-state index < -0.39 is 6.04 Å². The Kier molecular flexibility index (Phi) is 5.06. The van der Waals surface area contributed by atoms with Crippen molar-refractivity contribution in [3.63, 3.8) is 0 Å². The van der Waals surface area contributed by atoms with Gasteiger partial charge in [0.2, 0.25) is 5.91 Å². The van der Waals surface area contributed by atoms with E-state index in [1.54, 1.807) is 11.9 Å². The largest absolute Gasteiger partial charge is 0.486 e. The highest BCUT2D eigenvalue weighted by atomic mass is 16.6. The molecule has 2 aliphatic rings. The third-order valence-corrected chi connectivity index (χ3v) is 5.03. The van der Waals surface area contributed by atoms with Crippen LogP contribution in [-0.4, -0.2) is 44.3 Å². The number of hydrogen-bond donors (Lipinski definition) is 2. The van der Waals surface area contributed by atoms with Crippen molar-refractivity contribution >= 4 is 17.6 Å². The summed E-state index contributed by atoms with van der Waals surface area (Å²) in [4.78, 5) is 26.4. The molecule has 2 aromatic rings. The zero-order chi connectivity index (χ0) is 19.5. The lowest BCUT2D eigenvalue weighted by molar-refractivity contribution is -0.120. The van der Waals surface area contributed by atoms with Crippen LogP contribution in [0.4, 0.5) is 10.5 Å². The van der Waals surface area contributed by atoms with E-state index in [9.17, 15) is 9.59 Å². The summed E-state index contributed by atoms with van der Waals surface area (Å²) in [5.41, 5.74) is 1.93. The number of rotatable bonds is 4. The summed E-state index contributed by atoms with van der Waals surface area (Å²) in [6, 6.07) is 14.3. The van der Waals surface area contributed by atoms with E-state index >= 15 is 0 Å². The van der Waals surface area contributed by atoms with Gasteiger partial charge in [0.1, 0.15) is 18.8 Å². The van der Waals surface area contributed by atoms with Gasteiger partial charge in [-0.1, -0.05) is 30.3 Å². The minimum atomic E-state index is -0.568. The molecule has 7 heteroatoms. The van der Waals surface area contributed by atoms with E-state index in [1.165, 1.54) is 0 Å². The van der Waals surface area contributed by atoms with Crippen LogP contribution in [0.25, 0.3) is 0 Å². The van der Waals surface area contributed by atoms with Gasteiger partial charge in [-0.15, -0.1) is 0 Å². The van der Waals surface area contributed by atoms with Gasteiger partial charge in [-0.2, -0.15) is 0 Å². The maximum absolute atomic E-state index is 12.5. The average molecular weight is 381 g/mol. The Morgan fingerprint density at radius 1 is 1.14 bits per heavy atom. The maximum Gasteiger partial charge on any atom is 0.315 e. The minimum Gasteiger partial charge on any atom is -0.486 e. The van der Waals surface area contributed by atoms with Crippen molar-refractivity contribution in [3.05, 3.63) is 54.1 Å². The first kappa shape index (κ1) is 18.2. The Labute approximate surface area is 163 Å². The number of para-hydroxylation sites is 3. The molecule has 146 valence electrons. The fourth-order valence-corrected chi connectivity index (χ4v) is 3.54. The molecule has 0 bridgehead atoms. The third-order valence-electron chi connectivity index (χ3n) is 5.03. The Hall–Kier alpha value is -3.22. The summed E-state index contributed by atoms with van der Waals surface area (Å²) in [7, 11) is 1.73. The van der Waals surface area contributed by atoms with Gasteiger partial charge < -0.3 is 25.0 Å². The molecule has 0 spiro atoms. The van der Waals surface area contributed by atoms with Crippen molar-refractivity contribution in [2.75, 3.05) is 25.1 Å². The summed E-state index contributed by atoms with van der Waals surface area (Å²) in [5, 5.41) is 5.58. The van der Waals surface area contributed by atoms with Crippen LogP contribution in [0.3, 0.4) is 0 Å². The van der Waals surface area contributed by atoms with Crippen LogP contribution < -0.4 is 25.0 Å². The second-order valence-electron chi connectivity index (χ2n) is 6.97. The van der Waals surface area contributed by atoms with E-state index in [1.807, 2.05) is 48.5 Å². The topological polar surface area (TPSA) is 79.9 Å². The smallest absolute Gasteiger partial charge is 0.315 e. The lowest BCUT2D eigenvalue weighted by atomic mass is 9.98. The molecule has 0 saturated heterocycles. The number of anilines is 1. The normalized spacial score (nSPS) is 20.3. The summed E-state index contributed by atoms with van der Waals surface area (Å²) in [6.07, 6.45) is 0.983. The molecule has 2 N–H and O–H groups in total. The fraction of sp³-hybridized carbons (Fsp3) is 0.333. The minimum absolute atomic E-state index is 0.116. The lowest BCUT2D eigenvalue weighted by Crippen LogP contribution is -2.54. The maximum atomic E-state index is 12.5.